The summed E-state index contributed by atoms with van der Waals surface area (Å²) in [5.74, 6) is 0.489. The van der Waals surface area contributed by atoms with Crippen LogP contribution in [-0.4, -0.2) is 63.4 Å². The van der Waals surface area contributed by atoms with Crippen LogP contribution in [-0.2, 0) is 26.2 Å². The molecule has 1 atom stereocenters. The number of nitrogens with zero attached hydrogens (tertiary/aromatic N) is 2. The van der Waals surface area contributed by atoms with E-state index < -0.39 is 28.5 Å². The molecule has 3 rings (SSSR count). The molecule has 36 heavy (non-hydrogen) atoms. The number of carbonyl (C=O) groups excluding carboxylic acids is 2. The van der Waals surface area contributed by atoms with Crippen LogP contribution in [0.15, 0.2) is 42.5 Å². The van der Waals surface area contributed by atoms with Crippen LogP contribution < -0.4 is 23.8 Å². The van der Waals surface area contributed by atoms with Gasteiger partial charge in [0, 0.05) is 18.7 Å². The van der Waals surface area contributed by atoms with Crippen molar-refractivity contribution in [2.45, 2.75) is 46.3 Å². The minimum atomic E-state index is -3.83. The normalized spacial score (nSPS) is 13.3. The number of hydrogen-bond donors (Lipinski definition) is 1. The number of sulfonamides is 1. The summed E-state index contributed by atoms with van der Waals surface area (Å²) in [5, 5.41) is 2.82. The maximum atomic E-state index is 13.6. The van der Waals surface area contributed by atoms with Crippen molar-refractivity contribution < 1.29 is 32.2 Å². The average Bonchev–Trinajstić information content (AvgIpc) is 3.33. The van der Waals surface area contributed by atoms with E-state index in [4.69, 9.17) is 14.2 Å². The predicted octanol–water partition coefficient (Wildman–Crippen LogP) is 2.52. The summed E-state index contributed by atoms with van der Waals surface area (Å²) in [6.45, 7) is 6.45. The van der Waals surface area contributed by atoms with Crippen molar-refractivity contribution in [2.75, 3.05) is 30.5 Å². The van der Waals surface area contributed by atoms with Crippen molar-refractivity contribution in [1.82, 2.24) is 10.2 Å². The molecule has 2 aromatic carbocycles. The highest BCUT2D eigenvalue weighted by Gasteiger charge is 2.32. The molecule has 0 spiro atoms. The SMILES string of the molecule is CCS(=O)(=O)N(CC(=O)N(Cc1ccc(OC)cc1)C(C)C(=O)NC(C)C)c1ccc2c(c1)OCO2. The maximum Gasteiger partial charge on any atom is 0.244 e. The monoisotopic (exact) mass is 519 g/mol. The molecule has 11 heteroatoms. The molecule has 10 nitrogen and oxygen atoms in total. The fourth-order valence-electron chi connectivity index (χ4n) is 3.68. The molecule has 0 saturated heterocycles. The molecular weight excluding hydrogens is 486 g/mol. The van der Waals surface area contributed by atoms with Gasteiger partial charge in [-0.2, -0.15) is 0 Å². The number of anilines is 1. The Bertz CT molecular complexity index is 1180. The summed E-state index contributed by atoms with van der Waals surface area (Å²) in [6.07, 6.45) is 0. The second-order valence-electron chi connectivity index (χ2n) is 8.65. The third-order valence-corrected chi connectivity index (χ3v) is 7.47. The van der Waals surface area contributed by atoms with Gasteiger partial charge in [0.25, 0.3) is 0 Å². The Morgan fingerprint density at radius 3 is 2.33 bits per heavy atom. The Kier molecular flexibility index (Phi) is 8.67. The van der Waals surface area contributed by atoms with Crippen molar-refractivity contribution in [3.63, 3.8) is 0 Å². The van der Waals surface area contributed by atoms with E-state index in [0.29, 0.717) is 17.2 Å². The lowest BCUT2D eigenvalue weighted by Crippen LogP contribution is -2.52. The first-order valence-electron chi connectivity index (χ1n) is 11.7. The van der Waals surface area contributed by atoms with Crippen LogP contribution in [0.3, 0.4) is 0 Å². The number of amides is 2. The summed E-state index contributed by atoms with van der Waals surface area (Å²) in [5.41, 5.74) is 1.04. The highest BCUT2D eigenvalue weighted by atomic mass is 32.2. The van der Waals surface area contributed by atoms with Crippen molar-refractivity contribution in [3.05, 3.63) is 48.0 Å². The molecule has 1 unspecified atom stereocenters. The van der Waals surface area contributed by atoms with E-state index in [1.54, 1.807) is 50.4 Å². The third-order valence-electron chi connectivity index (χ3n) is 5.73. The van der Waals surface area contributed by atoms with E-state index in [1.165, 1.54) is 17.9 Å². The first-order valence-corrected chi connectivity index (χ1v) is 13.3. The highest BCUT2D eigenvalue weighted by Crippen LogP contribution is 2.36. The number of benzene rings is 2. The van der Waals surface area contributed by atoms with Crippen molar-refractivity contribution in [3.8, 4) is 17.2 Å². The van der Waals surface area contributed by atoms with Gasteiger partial charge in [0.05, 0.1) is 18.6 Å². The van der Waals surface area contributed by atoms with Gasteiger partial charge < -0.3 is 24.4 Å². The van der Waals surface area contributed by atoms with E-state index in [2.05, 4.69) is 5.32 Å². The summed E-state index contributed by atoms with van der Waals surface area (Å²) < 4.78 is 43.0. The summed E-state index contributed by atoms with van der Waals surface area (Å²) in [7, 11) is -2.28. The lowest BCUT2D eigenvalue weighted by Gasteiger charge is -2.32. The summed E-state index contributed by atoms with van der Waals surface area (Å²) in [4.78, 5) is 27.9. The number of rotatable bonds is 11. The second-order valence-corrected chi connectivity index (χ2v) is 10.8. The van der Waals surface area contributed by atoms with Gasteiger partial charge in [-0.15, -0.1) is 0 Å². The van der Waals surface area contributed by atoms with Crippen molar-refractivity contribution >= 4 is 27.5 Å². The predicted molar refractivity (Wildman–Crippen MR) is 136 cm³/mol. The molecule has 0 saturated carbocycles. The molecule has 196 valence electrons. The van der Waals surface area contributed by atoms with E-state index >= 15 is 0 Å². The topological polar surface area (TPSA) is 114 Å². The van der Waals surface area contributed by atoms with Gasteiger partial charge >= 0.3 is 0 Å². The molecule has 2 amide bonds. The van der Waals surface area contributed by atoms with E-state index in [9.17, 15) is 18.0 Å². The number of carbonyl (C=O) groups is 2. The molecule has 1 aliphatic heterocycles. The molecule has 0 aromatic heterocycles. The van der Waals surface area contributed by atoms with Gasteiger partial charge in [0.15, 0.2) is 11.5 Å². The van der Waals surface area contributed by atoms with Crippen molar-refractivity contribution in [1.29, 1.82) is 0 Å². The maximum absolute atomic E-state index is 13.6. The zero-order valence-corrected chi connectivity index (χ0v) is 22.0. The molecule has 1 aliphatic rings. The van der Waals surface area contributed by atoms with Gasteiger partial charge in [-0.1, -0.05) is 12.1 Å². The van der Waals surface area contributed by atoms with Gasteiger partial charge in [-0.05, 0) is 57.5 Å². The van der Waals surface area contributed by atoms with Crippen LogP contribution in [0.4, 0.5) is 5.69 Å². The molecule has 0 radical (unpaired) electrons. The Balaban J connectivity index is 1.93. The van der Waals surface area contributed by atoms with Gasteiger partial charge in [0.2, 0.25) is 28.6 Å². The largest absolute Gasteiger partial charge is 0.497 e. The minimum absolute atomic E-state index is 0.0381. The van der Waals surface area contributed by atoms with Gasteiger partial charge in [0.1, 0.15) is 18.3 Å². The standard InChI is InChI=1S/C25H33N3O7S/c1-6-36(31,32)28(20-9-12-22-23(13-20)35-16-34-22)15-24(29)27(18(4)25(30)26-17(2)3)14-19-7-10-21(33-5)11-8-19/h7-13,17-18H,6,14-16H2,1-5H3,(H,26,30). The lowest BCUT2D eigenvalue weighted by atomic mass is 10.1. The Labute approximate surface area is 212 Å². The molecule has 0 aliphatic carbocycles. The van der Waals surface area contributed by atoms with Crippen LogP contribution in [0, 0.1) is 0 Å². The van der Waals surface area contributed by atoms with E-state index in [0.717, 1.165) is 9.87 Å². The van der Waals surface area contributed by atoms with E-state index in [1.807, 2.05) is 13.8 Å². The second kappa shape index (κ2) is 11.5. The highest BCUT2D eigenvalue weighted by molar-refractivity contribution is 7.92. The molecule has 0 bridgehead atoms. The number of fused-ring (bicyclic) bond motifs is 1. The fraction of sp³-hybridized carbons (Fsp3) is 0.440. The Hall–Kier alpha value is -3.47. The number of methoxy groups -OCH3 is 1. The lowest BCUT2D eigenvalue weighted by molar-refractivity contribution is -0.139. The smallest absolute Gasteiger partial charge is 0.244 e. The molecule has 1 N–H and O–H groups in total. The molecule has 0 fully saturated rings. The summed E-state index contributed by atoms with van der Waals surface area (Å²) in [6, 6.07) is 10.9. The first-order chi connectivity index (χ1) is 17.1. The van der Waals surface area contributed by atoms with E-state index in [-0.39, 0.29) is 36.7 Å². The van der Waals surface area contributed by atoms with Gasteiger partial charge in [-0.25, -0.2) is 8.42 Å². The van der Waals surface area contributed by atoms with Crippen molar-refractivity contribution in [2.24, 2.45) is 0 Å². The zero-order valence-electron chi connectivity index (χ0n) is 21.2. The van der Waals surface area contributed by atoms with Gasteiger partial charge in [-0.3, -0.25) is 13.9 Å². The van der Waals surface area contributed by atoms with Crippen LogP contribution in [0.2, 0.25) is 0 Å². The van der Waals surface area contributed by atoms with Crippen LogP contribution in [0.1, 0.15) is 33.3 Å². The number of nitrogens with one attached hydrogen (secondary N) is 1. The van der Waals surface area contributed by atoms with Crippen LogP contribution in [0.25, 0.3) is 0 Å². The van der Waals surface area contributed by atoms with Crippen LogP contribution in [0.5, 0.6) is 17.2 Å². The quantitative estimate of drug-likeness (QED) is 0.485. The molecular formula is C25H33N3O7S. The molecule has 1 heterocycles. The third kappa shape index (κ3) is 6.39. The van der Waals surface area contributed by atoms with Crippen LogP contribution >= 0.6 is 0 Å². The minimum Gasteiger partial charge on any atom is -0.497 e. The Morgan fingerprint density at radius 2 is 1.72 bits per heavy atom. The summed E-state index contributed by atoms with van der Waals surface area (Å²) >= 11 is 0. The first kappa shape index (κ1) is 27.1. The number of hydrogen-bond acceptors (Lipinski definition) is 7. The average molecular weight is 520 g/mol. The molecule has 2 aromatic rings. The fourth-order valence-corrected chi connectivity index (χ4v) is 4.73. The Morgan fingerprint density at radius 1 is 1.06 bits per heavy atom. The number of ether oxygens (including phenoxy) is 3. The zero-order chi connectivity index (χ0) is 26.5.